The zero-order valence-corrected chi connectivity index (χ0v) is 18.1. The van der Waals surface area contributed by atoms with E-state index in [1.165, 1.54) is 11.1 Å². The molecular formula is C27H30N2O2. The molecule has 160 valence electrons. The zero-order valence-electron chi connectivity index (χ0n) is 18.1. The molecule has 3 aromatic rings. The van der Waals surface area contributed by atoms with Crippen LogP contribution in [0.25, 0.3) is 0 Å². The van der Waals surface area contributed by atoms with Crippen molar-refractivity contribution in [2.75, 3.05) is 32.8 Å². The van der Waals surface area contributed by atoms with E-state index in [2.05, 4.69) is 65.6 Å². The van der Waals surface area contributed by atoms with Gasteiger partial charge in [0.2, 0.25) is 5.91 Å². The summed E-state index contributed by atoms with van der Waals surface area (Å²) in [6.45, 7) is 5.86. The lowest BCUT2D eigenvalue weighted by molar-refractivity contribution is -0.132. The van der Waals surface area contributed by atoms with Gasteiger partial charge in [0.1, 0.15) is 5.75 Å². The van der Waals surface area contributed by atoms with Crippen molar-refractivity contribution in [2.45, 2.75) is 19.4 Å². The molecule has 1 aliphatic heterocycles. The highest BCUT2D eigenvalue weighted by Crippen LogP contribution is 2.29. The number of rotatable bonds is 7. The average molecular weight is 415 g/mol. The van der Waals surface area contributed by atoms with Crippen molar-refractivity contribution in [3.05, 3.63) is 102 Å². The summed E-state index contributed by atoms with van der Waals surface area (Å²) in [5, 5.41) is 0. The lowest BCUT2D eigenvalue weighted by atomic mass is 9.96. The maximum absolute atomic E-state index is 12.9. The van der Waals surface area contributed by atoms with Crippen LogP contribution in [0.2, 0.25) is 0 Å². The Balaban J connectivity index is 1.40. The van der Waals surface area contributed by atoms with E-state index in [-0.39, 0.29) is 11.9 Å². The predicted molar refractivity (Wildman–Crippen MR) is 124 cm³/mol. The van der Waals surface area contributed by atoms with E-state index in [4.69, 9.17) is 4.74 Å². The van der Waals surface area contributed by atoms with Gasteiger partial charge in [-0.2, -0.15) is 0 Å². The summed E-state index contributed by atoms with van der Waals surface area (Å²) >= 11 is 0. The van der Waals surface area contributed by atoms with E-state index in [1.807, 2.05) is 36.1 Å². The van der Waals surface area contributed by atoms with Crippen LogP contribution in [0, 0.1) is 0 Å². The standard InChI is InChI=1S/C27H30N2O2/c1-2-31-25-15-13-22(14-16-25)21-26(30)28-17-19-29(20-18-28)27(23-9-5-3-6-10-23)24-11-7-4-8-12-24/h3-16,27H,2,17-21H2,1H3. The minimum absolute atomic E-state index is 0.194. The average Bonchev–Trinajstić information content (AvgIpc) is 2.82. The minimum Gasteiger partial charge on any atom is -0.494 e. The topological polar surface area (TPSA) is 32.8 Å². The van der Waals surface area contributed by atoms with Crippen LogP contribution in [-0.2, 0) is 11.2 Å². The molecule has 0 saturated carbocycles. The minimum atomic E-state index is 0.194. The van der Waals surface area contributed by atoms with Gasteiger partial charge in [-0.1, -0.05) is 72.8 Å². The number of benzene rings is 3. The zero-order chi connectivity index (χ0) is 21.5. The highest BCUT2D eigenvalue weighted by molar-refractivity contribution is 5.79. The first-order valence-electron chi connectivity index (χ1n) is 11.1. The number of amides is 1. The van der Waals surface area contributed by atoms with Crippen molar-refractivity contribution in [1.82, 2.24) is 9.80 Å². The Kier molecular flexibility index (Phi) is 7.00. The first-order chi connectivity index (χ1) is 15.2. The van der Waals surface area contributed by atoms with Crippen LogP contribution < -0.4 is 4.74 Å². The summed E-state index contributed by atoms with van der Waals surface area (Å²) in [4.78, 5) is 17.4. The van der Waals surface area contributed by atoms with Gasteiger partial charge >= 0.3 is 0 Å². The van der Waals surface area contributed by atoms with Gasteiger partial charge in [-0.3, -0.25) is 9.69 Å². The second-order valence-electron chi connectivity index (χ2n) is 7.89. The normalized spacial score (nSPS) is 14.6. The molecule has 1 amide bonds. The maximum Gasteiger partial charge on any atom is 0.227 e. The Morgan fingerprint density at radius 1 is 0.806 bits per heavy atom. The smallest absolute Gasteiger partial charge is 0.227 e. The van der Waals surface area contributed by atoms with Crippen molar-refractivity contribution in [1.29, 1.82) is 0 Å². The molecule has 4 heteroatoms. The van der Waals surface area contributed by atoms with E-state index in [0.717, 1.165) is 37.5 Å². The van der Waals surface area contributed by atoms with Gasteiger partial charge in [0.05, 0.1) is 19.1 Å². The molecule has 0 unspecified atom stereocenters. The molecule has 0 aliphatic carbocycles. The van der Waals surface area contributed by atoms with Crippen molar-refractivity contribution in [3.8, 4) is 5.75 Å². The van der Waals surface area contributed by atoms with E-state index >= 15 is 0 Å². The van der Waals surface area contributed by atoms with E-state index in [0.29, 0.717) is 13.0 Å². The Labute approximate surface area is 185 Å². The SMILES string of the molecule is CCOc1ccc(CC(=O)N2CCN(C(c3ccccc3)c3ccccc3)CC2)cc1. The van der Waals surface area contributed by atoms with Crippen LogP contribution >= 0.6 is 0 Å². The van der Waals surface area contributed by atoms with Crippen LogP contribution in [-0.4, -0.2) is 48.5 Å². The molecule has 3 aromatic carbocycles. The Bertz CT molecular complexity index is 910. The molecule has 0 N–H and O–H groups in total. The number of hydrogen-bond acceptors (Lipinski definition) is 3. The molecule has 1 heterocycles. The summed E-state index contributed by atoms with van der Waals surface area (Å²) in [6, 6.07) is 29.4. The van der Waals surface area contributed by atoms with Crippen molar-refractivity contribution >= 4 is 5.91 Å². The van der Waals surface area contributed by atoms with Gasteiger partial charge in [-0.15, -0.1) is 0 Å². The second-order valence-corrected chi connectivity index (χ2v) is 7.89. The number of ether oxygens (including phenoxy) is 1. The number of nitrogens with zero attached hydrogens (tertiary/aromatic N) is 2. The molecule has 0 bridgehead atoms. The summed E-state index contributed by atoms with van der Waals surface area (Å²) < 4.78 is 5.49. The Morgan fingerprint density at radius 2 is 1.35 bits per heavy atom. The molecule has 0 atom stereocenters. The number of piperazine rings is 1. The summed E-state index contributed by atoms with van der Waals surface area (Å²) in [6.07, 6.45) is 0.438. The number of carbonyl (C=O) groups excluding carboxylic acids is 1. The number of hydrogen-bond donors (Lipinski definition) is 0. The third-order valence-electron chi connectivity index (χ3n) is 5.85. The molecule has 31 heavy (non-hydrogen) atoms. The molecule has 0 aromatic heterocycles. The van der Waals surface area contributed by atoms with Gasteiger partial charge in [0, 0.05) is 26.2 Å². The first-order valence-corrected chi connectivity index (χ1v) is 11.1. The maximum atomic E-state index is 12.9. The monoisotopic (exact) mass is 414 g/mol. The van der Waals surface area contributed by atoms with E-state index < -0.39 is 0 Å². The van der Waals surface area contributed by atoms with Gasteiger partial charge < -0.3 is 9.64 Å². The number of carbonyl (C=O) groups is 1. The highest BCUT2D eigenvalue weighted by Gasteiger charge is 2.28. The largest absolute Gasteiger partial charge is 0.494 e. The fourth-order valence-electron chi connectivity index (χ4n) is 4.27. The van der Waals surface area contributed by atoms with Gasteiger partial charge in [-0.25, -0.2) is 0 Å². The van der Waals surface area contributed by atoms with Crippen LogP contribution in [0.3, 0.4) is 0 Å². The summed E-state index contributed by atoms with van der Waals surface area (Å²) in [7, 11) is 0. The molecule has 1 fully saturated rings. The van der Waals surface area contributed by atoms with Gasteiger partial charge in [0.25, 0.3) is 0 Å². The fourth-order valence-corrected chi connectivity index (χ4v) is 4.27. The van der Waals surface area contributed by atoms with Crippen LogP contribution in [0.5, 0.6) is 5.75 Å². The van der Waals surface area contributed by atoms with E-state index in [1.54, 1.807) is 0 Å². The quantitative estimate of drug-likeness (QED) is 0.568. The van der Waals surface area contributed by atoms with E-state index in [9.17, 15) is 4.79 Å². The van der Waals surface area contributed by atoms with Gasteiger partial charge in [-0.05, 0) is 35.7 Å². The summed E-state index contributed by atoms with van der Waals surface area (Å²) in [5.41, 5.74) is 3.62. The Morgan fingerprint density at radius 3 is 1.87 bits per heavy atom. The van der Waals surface area contributed by atoms with Crippen LogP contribution in [0.1, 0.15) is 29.7 Å². The molecule has 0 spiro atoms. The van der Waals surface area contributed by atoms with Gasteiger partial charge in [0.15, 0.2) is 0 Å². The Hall–Kier alpha value is -3.11. The third-order valence-corrected chi connectivity index (χ3v) is 5.85. The molecular weight excluding hydrogens is 384 g/mol. The van der Waals surface area contributed by atoms with Crippen molar-refractivity contribution < 1.29 is 9.53 Å². The highest BCUT2D eigenvalue weighted by atomic mass is 16.5. The summed E-state index contributed by atoms with van der Waals surface area (Å²) in [5.74, 6) is 1.04. The van der Waals surface area contributed by atoms with Crippen LogP contribution in [0.4, 0.5) is 0 Å². The lowest BCUT2D eigenvalue weighted by Gasteiger charge is -2.40. The molecule has 4 nitrogen and oxygen atoms in total. The molecule has 0 radical (unpaired) electrons. The van der Waals surface area contributed by atoms with Crippen LogP contribution in [0.15, 0.2) is 84.9 Å². The molecule has 1 saturated heterocycles. The van der Waals surface area contributed by atoms with Crippen molar-refractivity contribution in [3.63, 3.8) is 0 Å². The second kappa shape index (κ2) is 10.3. The molecule has 4 rings (SSSR count). The first kappa shape index (κ1) is 21.1. The fraction of sp³-hybridized carbons (Fsp3) is 0.296. The third kappa shape index (κ3) is 5.33. The van der Waals surface area contributed by atoms with Crippen molar-refractivity contribution in [2.24, 2.45) is 0 Å². The predicted octanol–water partition coefficient (Wildman–Crippen LogP) is 4.56. The molecule has 1 aliphatic rings. The lowest BCUT2D eigenvalue weighted by Crippen LogP contribution is -2.50.